The lowest BCUT2D eigenvalue weighted by atomic mass is 10.1. The van der Waals surface area contributed by atoms with Crippen LogP contribution in [0, 0.1) is 5.82 Å². The molecule has 0 saturated carbocycles. The monoisotopic (exact) mass is 201 g/mol. The Morgan fingerprint density at radius 2 is 2.23 bits per heavy atom. The van der Waals surface area contributed by atoms with Crippen LogP contribution in [-0.4, -0.2) is 11.8 Å². The highest BCUT2D eigenvalue weighted by Gasteiger charge is 2.08. The first-order chi connectivity index (χ1) is 6.15. The van der Waals surface area contributed by atoms with Crippen molar-refractivity contribution < 1.29 is 9.18 Å². The van der Waals surface area contributed by atoms with Gasteiger partial charge in [0, 0.05) is 5.56 Å². The molecule has 4 heteroatoms. The number of rotatable bonds is 3. The molecule has 70 valence electrons. The molecule has 0 aromatic heterocycles. The molecule has 0 radical (unpaired) electrons. The maximum Gasteiger partial charge on any atom is 0.252 e. The van der Waals surface area contributed by atoms with Gasteiger partial charge in [-0.25, -0.2) is 4.39 Å². The molecule has 0 amide bonds. The summed E-state index contributed by atoms with van der Waals surface area (Å²) in [6, 6.07) is 3.85. The molecule has 0 bridgehead atoms. The van der Waals surface area contributed by atoms with E-state index in [0.29, 0.717) is 24.1 Å². The molecule has 0 atom stereocenters. The van der Waals surface area contributed by atoms with Crippen LogP contribution >= 0.6 is 11.6 Å². The second-order valence-corrected chi connectivity index (χ2v) is 2.96. The zero-order valence-corrected chi connectivity index (χ0v) is 7.64. The highest BCUT2D eigenvalue weighted by Crippen LogP contribution is 2.14. The fourth-order valence-corrected chi connectivity index (χ4v) is 1.30. The van der Waals surface area contributed by atoms with Gasteiger partial charge in [0.05, 0.1) is 0 Å². The van der Waals surface area contributed by atoms with Gasteiger partial charge in [-0.15, -0.1) is 0 Å². The van der Waals surface area contributed by atoms with Gasteiger partial charge in [0.2, 0.25) is 0 Å². The van der Waals surface area contributed by atoms with Crippen LogP contribution < -0.4 is 5.73 Å². The number of nitrogens with two attached hydrogens (primary N) is 1. The standard InChI is InChI=1S/C9H9ClFNO/c10-9(13)8-2-1-7(11)5-6(8)3-4-12/h1-2,5H,3-4,12H2. The normalized spacial score (nSPS) is 10.1. The predicted octanol–water partition coefficient (Wildman–Crippen LogP) is 1.71. The van der Waals surface area contributed by atoms with Crippen LogP contribution in [0.1, 0.15) is 15.9 Å². The molecular formula is C9H9ClFNO. The van der Waals surface area contributed by atoms with Crippen LogP contribution in [0.3, 0.4) is 0 Å². The maximum absolute atomic E-state index is 12.7. The molecule has 2 N–H and O–H groups in total. The fourth-order valence-electron chi connectivity index (χ4n) is 1.12. The molecule has 1 aromatic carbocycles. The molecule has 0 saturated heterocycles. The Morgan fingerprint density at radius 3 is 2.77 bits per heavy atom. The van der Waals surface area contributed by atoms with E-state index in [0.717, 1.165) is 0 Å². The molecule has 0 unspecified atom stereocenters. The first-order valence-electron chi connectivity index (χ1n) is 3.83. The third-order valence-electron chi connectivity index (χ3n) is 1.69. The van der Waals surface area contributed by atoms with E-state index in [2.05, 4.69) is 0 Å². The first-order valence-corrected chi connectivity index (χ1v) is 4.21. The summed E-state index contributed by atoms with van der Waals surface area (Å²) in [6.45, 7) is 0.362. The van der Waals surface area contributed by atoms with Gasteiger partial charge in [-0.05, 0) is 48.3 Å². The minimum absolute atomic E-state index is 0.327. The first kappa shape index (κ1) is 10.2. The van der Waals surface area contributed by atoms with Gasteiger partial charge in [-0.3, -0.25) is 4.79 Å². The van der Waals surface area contributed by atoms with Gasteiger partial charge in [0.25, 0.3) is 5.24 Å². The summed E-state index contributed by atoms with van der Waals surface area (Å²) in [5, 5.41) is -0.580. The Kier molecular flexibility index (Phi) is 3.39. The van der Waals surface area contributed by atoms with Gasteiger partial charge in [-0.1, -0.05) is 0 Å². The Balaban J connectivity index is 3.10. The molecule has 2 nitrogen and oxygen atoms in total. The fraction of sp³-hybridized carbons (Fsp3) is 0.222. The predicted molar refractivity (Wildman–Crippen MR) is 49.3 cm³/mol. The van der Waals surface area contributed by atoms with E-state index in [1.165, 1.54) is 18.2 Å². The van der Waals surface area contributed by atoms with Crippen molar-refractivity contribution >= 4 is 16.8 Å². The van der Waals surface area contributed by atoms with Crippen LogP contribution in [0.5, 0.6) is 0 Å². The van der Waals surface area contributed by atoms with E-state index in [1.807, 2.05) is 0 Å². The van der Waals surface area contributed by atoms with Crippen LogP contribution in [0.4, 0.5) is 4.39 Å². The Morgan fingerprint density at radius 1 is 1.54 bits per heavy atom. The minimum atomic E-state index is -0.580. The summed E-state index contributed by atoms with van der Waals surface area (Å²) in [6.07, 6.45) is 0.450. The SMILES string of the molecule is NCCc1cc(F)ccc1C(=O)Cl. The zero-order chi connectivity index (χ0) is 9.84. The number of benzene rings is 1. The largest absolute Gasteiger partial charge is 0.330 e. The molecule has 0 aliphatic rings. The van der Waals surface area contributed by atoms with Gasteiger partial charge in [0.15, 0.2) is 0 Å². The second kappa shape index (κ2) is 4.35. The van der Waals surface area contributed by atoms with Crippen molar-refractivity contribution in [1.29, 1.82) is 0 Å². The van der Waals surface area contributed by atoms with E-state index < -0.39 is 5.24 Å². The number of hydrogen-bond acceptors (Lipinski definition) is 2. The van der Waals surface area contributed by atoms with Crippen molar-refractivity contribution in [2.24, 2.45) is 5.73 Å². The summed E-state index contributed by atoms with van der Waals surface area (Å²) in [5.41, 5.74) is 6.19. The molecule has 0 aliphatic carbocycles. The van der Waals surface area contributed by atoms with Gasteiger partial charge in [0.1, 0.15) is 5.82 Å². The zero-order valence-electron chi connectivity index (χ0n) is 6.89. The van der Waals surface area contributed by atoms with Crippen molar-refractivity contribution in [1.82, 2.24) is 0 Å². The average molecular weight is 202 g/mol. The summed E-state index contributed by atoms with van der Waals surface area (Å²) < 4.78 is 12.7. The Hall–Kier alpha value is -0.930. The van der Waals surface area contributed by atoms with Gasteiger partial charge < -0.3 is 5.73 Å². The van der Waals surface area contributed by atoms with Crippen LogP contribution in [0.25, 0.3) is 0 Å². The molecule has 13 heavy (non-hydrogen) atoms. The molecule has 1 rings (SSSR count). The van der Waals surface area contributed by atoms with Crippen molar-refractivity contribution in [2.45, 2.75) is 6.42 Å². The summed E-state index contributed by atoms with van der Waals surface area (Å²) in [7, 11) is 0. The third-order valence-corrected chi connectivity index (χ3v) is 1.90. The van der Waals surface area contributed by atoms with Crippen LogP contribution in [-0.2, 0) is 6.42 Å². The minimum Gasteiger partial charge on any atom is -0.330 e. The average Bonchev–Trinajstić information content (AvgIpc) is 2.04. The molecule has 0 heterocycles. The Labute approximate surface area is 80.5 Å². The molecule has 0 aliphatic heterocycles. The second-order valence-electron chi connectivity index (χ2n) is 2.61. The van der Waals surface area contributed by atoms with Crippen LogP contribution in [0.15, 0.2) is 18.2 Å². The lowest BCUT2D eigenvalue weighted by molar-refractivity contribution is 0.108. The quantitative estimate of drug-likeness (QED) is 0.757. The topological polar surface area (TPSA) is 43.1 Å². The van der Waals surface area contributed by atoms with E-state index in [4.69, 9.17) is 17.3 Å². The van der Waals surface area contributed by atoms with E-state index in [9.17, 15) is 9.18 Å². The molecule has 1 aromatic rings. The Bertz CT molecular complexity index is 327. The number of hydrogen-bond donors (Lipinski definition) is 1. The van der Waals surface area contributed by atoms with Crippen molar-refractivity contribution in [2.75, 3.05) is 6.54 Å². The smallest absolute Gasteiger partial charge is 0.252 e. The van der Waals surface area contributed by atoms with Gasteiger partial charge >= 0.3 is 0 Å². The lowest BCUT2D eigenvalue weighted by Crippen LogP contribution is -2.07. The molecule has 0 spiro atoms. The summed E-state index contributed by atoms with van der Waals surface area (Å²) in [4.78, 5) is 10.9. The van der Waals surface area contributed by atoms with Crippen molar-refractivity contribution in [3.63, 3.8) is 0 Å². The third kappa shape index (κ3) is 2.50. The summed E-state index contributed by atoms with van der Waals surface area (Å²) >= 11 is 5.29. The van der Waals surface area contributed by atoms with E-state index >= 15 is 0 Å². The van der Waals surface area contributed by atoms with E-state index in [1.54, 1.807) is 0 Å². The number of carbonyl (C=O) groups is 1. The van der Waals surface area contributed by atoms with Crippen molar-refractivity contribution in [3.8, 4) is 0 Å². The molecule has 0 fully saturated rings. The highest BCUT2D eigenvalue weighted by molar-refractivity contribution is 6.67. The molecular weight excluding hydrogens is 193 g/mol. The maximum atomic E-state index is 12.7. The number of carbonyl (C=O) groups excluding carboxylic acids is 1. The number of halogens is 2. The van der Waals surface area contributed by atoms with Crippen molar-refractivity contribution in [3.05, 3.63) is 35.1 Å². The van der Waals surface area contributed by atoms with Crippen LogP contribution in [0.2, 0.25) is 0 Å². The van der Waals surface area contributed by atoms with Gasteiger partial charge in [-0.2, -0.15) is 0 Å². The highest BCUT2D eigenvalue weighted by atomic mass is 35.5. The summed E-state index contributed by atoms with van der Waals surface area (Å²) in [5.74, 6) is -0.384. The lowest BCUT2D eigenvalue weighted by Gasteiger charge is -2.03. The van der Waals surface area contributed by atoms with E-state index in [-0.39, 0.29) is 5.82 Å².